The van der Waals surface area contributed by atoms with Gasteiger partial charge in [0.15, 0.2) is 0 Å². The first-order valence-electron chi connectivity index (χ1n) is 4.78. The summed E-state index contributed by atoms with van der Waals surface area (Å²) in [6.07, 6.45) is 0. The van der Waals surface area contributed by atoms with Crippen LogP contribution in [0.15, 0.2) is 27.1 Å². The van der Waals surface area contributed by atoms with Gasteiger partial charge in [0.25, 0.3) is 11.8 Å². The van der Waals surface area contributed by atoms with Gasteiger partial charge in [-0.25, -0.2) is 0 Å². The molecular weight excluding hydrogens is 290 g/mol. The van der Waals surface area contributed by atoms with Gasteiger partial charge >= 0.3 is 0 Å². The minimum absolute atomic E-state index is 0.178. The zero-order valence-electron chi connectivity index (χ0n) is 8.91. The molecule has 1 aromatic heterocycles. The van der Waals surface area contributed by atoms with Crippen molar-refractivity contribution in [2.24, 2.45) is 0 Å². The van der Waals surface area contributed by atoms with Crippen LogP contribution in [0.2, 0.25) is 0 Å². The average molecular weight is 300 g/mol. The first-order chi connectivity index (χ1) is 7.52. The highest BCUT2D eigenvalue weighted by Crippen LogP contribution is 2.28. The van der Waals surface area contributed by atoms with Crippen LogP contribution in [0.5, 0.6) is 0 Å². The Morgan fingerprint density at radius 2 is 1.81 bits per heavy atom. The summed E-state index contributed by atoms with van der Waals surface area (Å²) in [6.45, 7) is 3.74. The molecule has 84 valence electrons. The lowest BCUT2D eigenvalue weighted by Gasteiger charge is -2.13. The van der Waals surface area contributed by atoms with Gasteiger partial charge in [-0.2, -0.15) is 0 Å². The third-order valence-electron chi connectivity index (χ3n) is 2.69. The summed E-state index contributed by atoms with van der Waals surface area (Å²) >= 11 is 4.92. The maximum Gasteiger partial charge on any atom is 0.257 e. The Bertz CT molecular complexity index is 480. The Labute approximate surface area is 106 Å². The van der Waals surface area contributed by atoms with Crippen LogP contribution in [0, 0.1) is 0 Å². The fourth-order valence-electron chi connectivity index (χ4n) is 1.54. The largest absolute Gasteiger partial charge is 0.270 e. The predicted molar refractivity (Wildman–Crippen MR) is 66.0 cm³/mol. The van der Waals surface area contributed by atoms with E-state index in [0.717, 1.165) is 9.35 Å². The Morgan fingerprint density at radius 1 is 1.25 bits per heavy atom. The minimum Gasteiger partial charge on any atom is -0.270 e. The molecule has 0 atom stereocenters. The van der Waals surface area contributed by atoms with E-state index in [2.05, 4.69) is 15.9 Å². The number of carbonyl (C=O) groups excluding carboxylic acids is 2. The molecule has 0 saturated heterocycles. The van der Waals surface area contributed by atoms with Crippen LogP contribution in [-0.2, 0) is 16.1 Å². The van der Waals surface area contributed by atoms with Gasteiger partial charge in [-0.15, -0.1) is 11.3 Å². The SMILES string of the molecule is CC1=C(C)C(=O)N(Cc2sccc2Br)C1=O. The summed E-state index contributed by atoms with van der Waals surface area (Å²) < 4.78 is 0.945. The third-order valence-corrected chi connectivity index (χ3v) is 4.60. The number of thiophene rings is 1. The van der Waals surface area contributed by atoms with Gasteiger partial charge in [0.1, 0.15) is 0 Å². The molecule has 0 aliphatic carbocycles. The monoisotopic (exact) mass is 299 g/mol. The molecule has 0 aromatic carbocycles. The predicted octanol–water partition coefficient (Wildman–Crippen LogP) is 2.72. The summed E-state index contributed by atoms with van der Waals surface area (Å²) in [5, 5.41) is 1.93. The molecule has 16 heavy (non-hydrogen) atoms. The van der Waals surface area contributed by atoms with Gasteiger partial charge in [-0.3, -0.25) is 14.5 Å². The molecule has 0 bridgehead atoms. The van der Waals surface area contributed by atoms with Crippen molar-refractivity contribution < 1.29 is 9.59 Å². The molecule has 1 aliphatic heterocycles. The lowest BCUT2D eigenvalue weighted by Crippen LogP contribution is -2.30. The molecule has 2 amide bonds. The number of carbonyl (C=O) groups is 2. The number of halogens is 1. The molecule has 1 aliphatic rings. The Kier molecular flexibility index (Phi) is 2.99. The topological polar surface area (TPSA) is 37.4 Å². The van der Waals surface area contributed by atoms with Gasteiger partial charge in [-0.1, -0.05) is 0 Å². The molecule has 0 N–H and O–H groups in total. The normalized spacial score (nSPS) is 16.6. The standard InChI is InChI=1S/C11H10BrNO2S/c1-6-7(2)11(15)13(10(6)14)5-9-8(12)3-4-16-9/h3-4H,5H2,1-2H3. The minimum atomic E-state index is -0.178. The first kappa shape index (κ1) is 11.5. The van der Waals surface area contributed by atoms with Crippen molar-refractivity contribution in [1.82, 2.24) is 4.90 Å². The van der Waals surface area contributed by atoms with Crippen molar-refractivity contribution in [2.75, 3.05) is 0 Å². The van der Waals surface area contributed by atoms with Crippen molar-refractivity contribution in [3.8, 4) is 0 Å². The molecule has 0 saturated carbocycles. The molecule has 3 nitrogen and oxygen atoms in total. The molecule has 1 aromatic rings. The average Bonchev–Trinajstić information content (AvgIpc) is 2.73. The summed E-state index contributed by atoms with van der Waals surface area (Å²) in [6, 6.07) is 1.91. The van der Waals surface area contributed by atoms with E-state index >= 15 is 0 Å². The van der Waals surface area contributed by atoms with Crippen LogP contribution >= 0.6 is 27.3 Å². The van der Waals surface area contributed by atoms with Crippen LogP contribution < -0.4 is 0 Å². The smallest absolute Gasteiger partial charge is 0.257 e. The number of hydrogen-bond donors (Lipinski definition) is 0. The van der Waals surface area contributed by atoms with Gasteiger partial charge in [0, 0.05) is 20.5 Å². The van der Waals surface area contributed by atoms with E-state index in [1.165, 1.54) is 16.2 Å². The first-order valence-corrected chi connectivity index (χ1v) is 6.45. The van der Waals surface area contributed by atoms with E-state index in [9.17, 15) is 9.59 Å². The van der Waals surface area contributed by atoms with E-state index in [1.807, 2.05) is 11.4 Å². The van der Waals surface area contributed by atoms with E-state index < -0.39 is 0 Å². The van der Waals surface area contributed by atoms with Crippen molar-refractivity contribution in [2.45, 2.75) is 20.4 Å². The lowest BCUT2D eigenvalue weighted by atomic mass is 10.2. The van der Waals surface area contributed by atoms with Gasteiger partial charge in [0.2, 0.25) is 0 Å². The molecular formula is C11H10BrNO2S. The fourth-order valence-corrected chi connectivity index (χ4v) is 3.01. The molecule has 2 heterocycles. The van der Waals surface area contributed by atoms with Crippen molar-refractivity contribution >= 4 is 39.1 Å². The number of nitrogens with zero attached hydrogens (tertiary/aromatic N) is 1. The number of rotatable bonds is 2. The number of hydrogen-bond acceptors (Lipinski definition) is 3. The van der Waals surface area contributed by atoms with Gasteiger partial charge in [0.05, 0.1) is 6.54 Å². The highest BCUT2D eigenvalue weighted by atomic mass is 79.9. The Hall–Kier alpha value is -0.940. The molecule has 5 heteroatoms. The van der Waals surface area contributed by atoms with Gasteiger partial charge < -0.3 is 0 Å². The Balaban J connectivity index is 2.24. The summed E-state index contributed by atoms with van der Waals surface area (Å²) in [5.41, 5.74) is 1.11. The number of amides is 2. The van der Waals surface area contributed by atoms with Crippen LogP contribution in [0.3, 0.4) is 0 Å². The van der Waals surface area contributed by atoms with E-state index in [1.54, 1.807) is 13.8 Å². The van der Waals surface area contributed by atoms with Crippen LogP contribution in [0.4, 0.5) is 0 Å². The molecule has 0 spiro atoms. The van der Waals surface area contributed by atoms with Gasteiger partial charge in [-0.05, 0) is 41.2 Å². The van der Waals surface area contributed by atoms with Crippen LogP contribution in [0.25, 0.3) is 0 Å². The maximum absolute atomic E-state index is 11.8. The highest BCUT2D eigenvalue weighted by molar-refractivity contribution is 9.10. The zero-order chi connectivity index (χ0) is 11.9. The maximum atomic E-state index is 11.8. The van der Waals surface area contributed by atoms with E-state index in [4.69, 9.17) is 0 Å². The van der Waals surface area contributed by atoms with E-state index in [0.29, 0.717) is 17.7 Å². The molecule has 0 radical (unpaired) electrons. The zero-order valence-corrected chi connectivity index (χ0v) is 11.3. The summed E-state index contributed by atoms with van der Waals surface area (Å²) in [5.74, 6) is -0.356. The third kappa shape index (κ3) is 1.74. The second-order valence-electron chi connectivity index (χ2n) is 3.64. The summed E-state index contributed by atoms with van der Waals surface area (Å²) in [7, 11) is 0. The second-order valence-corrected chi connectivity index (χ2v) is 5.49. The molecule has 0 fully saturated rings. The lowest BCUT2D eigenvalue weighted by molar-refractivity contribution is -0.138. The van der Waals surface area contributed by atoms with Crippen molar-refractivity contribution in [3.05, 3.63) is 31.9 Å². The van der Waals surface area contributed by atoms with E-state index in [-0.39, 0.29) is 11.8 Å². The van der Waals surface area contributed by atoms with Crippen LogP contribution in [-0.4, -0.2) is 16.7 Å². The molecule has 2 rings (SSSR count). The quantitative estimate of drug-likeness (QED) is 0.788. The van der Waals surface area contributed by atoms with Crippen molar-refractivity contribution in [3.63, 3.8) is 0 Å². The van der Waals surface area contributed by atoms with Crippen molar-refractivity contribution in [1.29, 1.82) is 0 Å². The second kappa shape index (κ2) is 4.14. The van der Waals surface area contributed by atoms with Crippen LogP contribution in [0.1, 0.15) is 18.7 Å². The number of imide groups is 1. The summed E-state index contributed by atoms with van der Waals surface area (Å²) in [4.78, 5) is 25.9. The highest BCUT2D eigenvalue weighted by Gasteiger charge is 2.33. The Morgan fingerprint density at radius 3 is 2.25 bits per heavy atom. The molecule has 0 unspecified atom stereocenters. The fraction of sp³-hybridized carbons (Fsp3) is 0.273.